The lowest BCUT2D eigenvalue weighted by atomic mass is 9.79. The van der Waals surface area contributed by atoms with E-state index in [1.54, 1.807) is 0 Å². The molecule has 0 atom stereocenters. The summed E-state index contributed by atoms with van der Waals surface area (Å²) >= 11 is 0. The van der Waals surface area contributed by atoms with Crippen LogP contribution < -0.4 is 14.9 Å². The largest absolute Gasteiger partial charge is 0.494 e. The van der Waals surface area contributed by atoms with Crippen molar-refractivity contribution in [3.05, 3.63) is 54.1 Å². The van der Waals surface area contributed by atoms with E-state index in [2.05, 4.69) is 0 Å². The maximum Gasteiger partial charge on any atom is 0.494 e. The summed E-state index contributed by atoms with van der Waals surface area (Å²) in [4.78, 5) is 0. The fraction of sp³-hybridized carbons (Fsp3) is 0.429. The Kier molecular flexibility index (Phi) is 5.30. The Balaban J connectivity index is 1.82. The highest BCUT2D eigenvalue weighted by Crippen LogP contribution is 2.37. The lowest BCUT2D eigenvalue weighted by molar-refractivity contribution is 0.00578. The van der Waals surface area contributed by atoms with Crippen LogP contribution in [0.3, 0.4) is 0 Å². The summed E-state index contributed by atoms with van der Waals surface area (Å²) in [5.74, 6) is 1.42. The molecule has 1 aliphatic rings. The van der Waals surface area contributed by atoms with Crippen molar-refractivity contribution in [3.63, 3.8) is 0 Å². The molecule has 0 aliphatic carbocycles. The van der Waals surface area contributed by atoms with Crippen LogP contribution in [-0.4, -0.2) is 24.9 Å². The third-order valence-electron chi connectivity index (χ3n) is 5.03. The van der Waals surface area contributed by atoms with E-state index in [4.69, 9.17) is 18.8 Å². The van der Waals surface area contributed by atoms with Crippen molar-refractivity contribution in [2.45, 2.75) is 52.4 Å². The van der Waals surface area contributed by atoms with Gasteiger partial charge in [0.25, 0.3) is 0 Å². The first-order valence-electron chi connectivity index (χ1n) is 9.11. The molecule has 2 aromatic carbocycles. The highest BCUT2D eigenvalue weighted by molar-refractivity contribution is 6.62. The van der Waals surface area contributed by atoms with Gasteiger partial charge in [0.2, 0.25) is 0 Å². The lowest BCUT2D eigenvalue weighted by Crippen LogP contribution is -2.41. The zero-order valence-electron chi connectivity index (χ0n) is 16.2. The van der Waals surface area contributed by atoms with E-state index in [1.165, 1.54) is 0 Å². The van der Waals surface area contributed by atoms with Gasteiger partial charge in [-0.15, -0.1) is 0 Å². The molecule has 0 bridgehead atoms. The Hall–Kier alpha value is -1.98. The van der Waals surface area contributed by atoms with Crippen molar-refractivity contribution in [2.75, 3.05) is 6.61 Å². The molecule has 5 heteroatoms. The summed E-state index contributed by atoms with van der Waals surface area (Å²) in [6.07, 6.45) is 0. The summed E-state index contributed by atoms with van der Waals surface area (Å²) < 4.78 is 24.1. The van der Waals surface area contributed by atoms with Crippen LogP contribution >= 0.6 is 0 Å². The second-order valence-electron chi connectivity index (χ2n) is 7.50. The van der Waals surface area contributed by atoms with Crippen molar-refractivity contribution in [1.82, 2.24) is 0 Å². The normalized spacial score (nSPS) is 18.0. The van der Waals surface area contributed by atoms with Gasteiger partial charge >= 0.3 is 7.12 Å². The van der Waals surface area contributed by atoms with Gasteiger partial charge in [-0.3, -0.25) is 0 Å². The Morgan fingerprint density at radius 2 is 1.50 bits per heavy atom. The van der Waals surface area contributed by atoms with Crippen molar-refractivity contribution >= 4 is 12.6 Å². The SMILES string of the molecule is CCOc1ccc(B2OC(C)(C)C(C)(C)O2)cc1OCc1ccccc1. The minimum atomic E-state index is -0.422. The summed E-state index contributed by atoms with van der Waals surface area (Å²) in [5.41, 5.74) is 1.29. The summed E-state index contributed by atoms with van der Waals surface area (Å²) in [6.45, 7) is 11.2. The fourth-order valence-corrected chi connectivity index (χ4v) is 2.77. The second kappa shape index (κ2) is 7.33. The fourth-order valence-electron chi connectivity index (χ4n) is 2.77. The second-order valence-corrected chi connectivity index (χ2v) is 7.50. The number of benzene rings is 2. The van der Waals surface area contributed by atoms with Gasteiger partial charge in [0.1, 0.15) is 6.61 Å². The van der Waals surface area contributed by atoms with Crippen LogP contribution in [0, 0.1) is 0 Å². The van der Waals surface area contributed by atoms with Gasteiger partial charge < -0.3 is 18.8 Å². The van der Waals surface area contributed by atoms with Crippen molar-refractivity contribution in [1.29, 1.82) is 0 Å². The average molecular weight is 354 g/mol. The first-order chi connectivity index (χ1) is 12.3. The van der Waals surface area contributed by atoms with Crippen LogP contribution in [0.4, 0.5) is 0 Å². The standard InChI is InChI=1S/C21H27BO4/c1-6-23-18-13-12-17(22-25-20(2,3)21(4,5)26-22)14-19(18)24-15-16-10-8-7-9-11-16/h7-14H,6,15H2,1-5H3. The molecule has 2 aromatic rings. The average Bonchev–Trinajstić information content (AvgIpc) is 2.83. The molecule has 138 valence electrons. The van der Waals surface area contributed by atoms with Gasteiger partial charge in [-0.2, -0.15) is 0 Å². The molecule has 0 amide bonds. The third kappa shape index (κ3) is 3.89. The lowest BCUT2D eigenvalue weighted by Gasteiger charge is -2.32. The van der Waals surface area contributed by atoms with Crippen LogP contribution in [0.2, 0.25) is 0 Å². The van der Waals surface area contributed by atoms with Gasteiger partial charge in [-0.25, -0.2) is 0 Å². The van der Waals surface area contributed by atoms with Crippen LogP contribution in [0.25, 0.3) is 0 Å². The highest BCUT2D eigenvalue weighted by Gasteiger charge is 2.51. The molecule has 3 rings (SSSR count). The van der Waals surface area contributed by atoms with E-state index in [1.807, 2.05) is 83.1 Å². The van der Waals surface area contributed by atoms with Gasteiger partial charge in [-0.1, -0.05) is 36.4 Å². The molecule has 1 fully saturated rings. The van der Waals surface area contributed by atoms with E-state index in [0.29, 0.717) is 19.0 Å². The maximum atomic E-state index is 6.15. The van der Waals surface area contributed by atoms with E-state index in [-0.39, 0.29) is 11.2 Å². The molecule has 4 nitrogen and oxygen atoms in total. The van der Waals surface area contributed by atoms with Crippen LogP contribution in [-0.2, 0) is 15.9 Å². The molecule has 0 unspecified atom stereocenters. The molecule has 0 aromatic heterocycles. The summed E-state index contributed by atoms with van der Waals surface area (Å²) in [5, 5.41) is 0. The summed E-state index contributed by atoms with van der Waals surface area (Å²) in [7, 11) is -0.422. The molecule has 0 radical (unpaired) electrons. The Morgan fingerprint density at radius 1 is 0.846 bits per heavy atom. The van der Waals surface area contributed by atoms with E-state index in [0.717, 1.165) is 16.8 Å². The van der Waals surface area contributed by atoms with E-state index in [9.17, 15) is 0 Å². The molecule has 0 saturated carbocycles. The predicted octanol–water partition coefficient (Wildman–Crippen LogP) is 3.96. The molecule has 1 heterocycles. The Labute approximate surface area is 156 Å². The van der Waals surface area contributed by atoms with Gasteiger partial charge in [-0.05, 0) is 57.8 Å². The van der Waals surface area contributed by atoms with E-state index < -0.39 is 7.12 Å². The Bertz CT molecular complexity index is 727. The molecular weight excluding hydrogens is 327 g/mol. The van der Waals surface area contributed by atoms with Gasteiger partial charge in [0.05, 0.1) is 17.8 Å². The smallest absolute Gasteiger partial charge is 0.490 e. The maximum absolute atomic E-state index is 6.15. The van der Waals surface area contributed by atoms with Crippen LogP contribution in [0.1, 0.15) is 40.2 Å². The molecule has 0 N–H and O–H groups in total. The zero-order chi connectivity index (χ0) is 18.8. The monoisotopic (exact) mass is 354 g/mol. The number of hydrogen-bond acceptors (Lipinski definition) is 4. The Morgan fingerprint density at radius 3 is 2.12 bits per heavy atom. The molecular formula is C21H27BO4. The van der Waals surface area contributed by atoms with Crippen molar-refractivity contribution in [2.24, 2.45) is 0 Å². The number of ether oxygens (including phenoxy) is 2. The van der Waals surface area contributed by atoms with Crippen molar-refractivity contribution < 1.29 is 18.8 Å². The van der Waals surface area contributed by atoms with Crippen LogP contribution in [0.15, 0.2) is 48.5 Å². The third-order valence-corrected chi connectivity index (χ3v) is 5.03. The zero-order valence-corrected chi connectivity index (χ0v) is 16.2. The summed E-state index contributed by atoms with van der Waals surface area (Å²) in [6, 6.07) is 15.9. The number of rotatable bonds is 6. The minimum Gasteiger partial charge on any atom is -0.490 e. The quantitative estimate of drug-likeness (QED) is 0.736. The topological polar surface area (TPSA) is 36.9 Å². The first kappa shape index (κ1) is 18.8. The van der Waals surface area contributed by atoms with E-state index >= 15 is 0 Å². The van der Waals surface area contributed by atoms with Crippen molar-refractivity contribution in [3.8, 4) is 11.5 Å². The highest BCUT2D eigenvalue weighted by atomic mass is 16.7. The first-order valence-corrected chi connectivity index (χ1v) is 9.11. The molecule has 26 heavy (non-hydrogen) atoms. The predicted molar refractivity (Wildman–Crippen MR) is 104 cm³/mol. The molecule has 0 spiro atoms. The van der Waals surface area contributed by atoms with Crippen LogP contribution in [0.5, 0.6) is 11.5 Å². The number of hydrogen-bond donors (Lipinski definition) is 0. The minimum absolute atomic E-state index is 0.374. The van der Waals surface area contributed by atoms with Gasteiger partial charge in [0, 0.05) is 0 Å². The van der Waals surface area contributed by atoms with Gasteiger partial charge in [0.15, 0.2) is 11.5 Å². The molecule has 1 aliphatic heterocycles. The molecule has 1 saturated heterocycles.